The number of hydrogen-bond acceptors (Lipinski definition) is 3. The van der Waals surface area contributed by atoms with E-state index in [2.05, 4.69) is 11.9 Å². The Morgan fingerprint density at radius 3 is 3.00 bits per heavy atom. The molecule has 0 bridgehead atoms. The van der Waals surface area contributed by atoms with Crippen LogP contribution in [0.1, 0.15) is 6.42 Å². The van der Waals surface area contributed by atoms with Gasteiger partial charge in [-0.2, -0.15) is 0 Å². The highest BCUT2D eigenvalue weighted by molar-refractivity contribution is 5.89. The number of carbonyl (C=O) groups is 2. The van der Waals surface area contributed by atoms with Crippen molar-refractivity contribution in [1.82, 2.24) is 10.2 Å². The van der Waals surface area contributed by atoms with Crippen molar-refractivity contribution < 1.29 is 14.3 Å². The molecule has 1 heterocycles. The second-order valence-corrected chi connectivity index (χ2v) is 3.77. The average molecular weight is 226 g/mol. The van der Waals surface area contributed by atoms with E-state index in [1.165, 1.54) is 0 Å². The van der Waals surface area contributed by atoms with Crippen molar-refractivity contribution in [3.63, 3.8) is 0 Å². The Morgan fingerprint density at radius 2 is 2.50 bits per heavy atom. The molecule has 5 heteroatoms. The summed E-state index contributed by atoms with van der Waals surface area (Å²) in [7, 11) is 1.59. The Kier molecular flexibility index (Phi) is 4.98. The lowest BCUT2D eigenvalue weighted by molar-refractivity contribution is -0.135. The Labute approximate surface area is 95.4 Å². The molecule has 5 nitrogen and oxygen atoms in total. The fraction of sp³-hybridized carbons (Fsp3) is 0.636. The van der Waals surface area contributed by atoms with E-state index in [9.17, 15) is 9.59 Å². The maximum Gasteiger partial charge on any atom is 0.228 e. The van der Waals surface area contributed by atoms with Gasteiger partial charge in [-0.15, -0.1) is 6.58 Å². The molecule has 1 aliphatic rings. The van der Waals surface area contributed by atoms with Crippen LogP contribution in [0.5, 0.6) is 0 Å². The Hall–Kier alpha value is -1.36. The molecule has 0 spiro atoms. The lowest BCUT2D eigenvalue weighted by atomic mass is 10.1. The number of nitrogens with zero attached hydrogens (tertiary/aromatic N) is 1. The second-order valence-electron chi connectivity index (χ2n) is 3.77. The summed E-state index contributed by atoms with van der Waals surface area (Å²) in [4.78, 5) is 24.7. The third-order valence-corrected chi connectivity index (χ3v) is 2.55. The Balaban J connectivity index is 2.52. The smallest absolute Gasteiger partial charge is 0.228 e. The highest BCUT2D eigenvalue weighted by Gasteiger charge is 2.30. The summed E-state index contributed by atoms with van der Waals surface area (Å²) in [5.41, 5.74) is 0. The van der Waals surface area contributed by atoms with Crippen LogP contribution in [-0.2, 0) is 14.3 Å². The zero-order valence-corrected chi connectivity index (χ0v) is 9.57. The van der Waals surface area contributed by atoms with E-state index in [0.717, 1.165) is 0 Å². The quantitative estimate of drug-likeness (QED) is 0.637. The molecule has 0 aliphatic carbocycles. The number of nitrogens with one attached hydrogen (secondary N) is 1. The van der Waals surface area contributed by atoms with Gasteiger partial charge >= 0.3 is 0 Å². The van der Waals surface area contributed by atoms with Gasteiger partial charge in [-0.1, -0.05) is 6.08 Å². The number of amides is 2. The van der Waals surface area contributed by atoms with Crippen molar-refractivity contribution in [1.29, 1.82) is 0 Å². The van der Waals surface area contributed by atoms with Gasteiger partial charge in [-0.3, -0.25) is 9.59 Å². The van der Waals surface area contributed by atoms with E-state index in [1.807, 2.05) is 0 Å². The average Bonchev–Trinajstić information content (AvgIpc) is 2.70. The van der Waals surface area contributed by atoms with Crippen LogP contribution in [0.2, 0.25) is 0 Å². The maximum atomic E-state index is 12.0. The van der Waals surface area contributed by atoms with E-state index in [4.69, 9.17) is 4.74 Å². The van der Waals surface area contributed by atoms with Gasteiger partial charge in [0.1, 0.15) is 0 Å². The van der Waals surface area contributed by atoms with Crippen molar-refractivity contribution in [2.45, 2.75) is 6.42 Å². The summed E-state index contributed by atoms with van der Waals surface area (Å²) in [6.07, 6.45) is 1.97. The number of ether oxygens (including phenoxy) is 1. The predicted octanol–water partition coefficient (Wildman–Crippen LogP) is -0.217. The number of methoxy groups -OCH3 is 1. The van der Waals surface area contributed by atoms with Crippen molar-refractivity contribution in [2.75, 3.05) is 33.4 Å². The molecule has 16 heavy (non-hydrogen) atoms. The van der Waals surface area contributed by atoms with Gasteiger partial charge < -0.3 is 15.0 Å². The minimum Gasteiger partial charge on any atom is -0.383 e. The molecule has 0 aromatic carbocycles. The van der Waals surface area contributed by atoms with Crippen LogP contribution in [0, 0.1) is 5.92 Å². The van der Waals surface area contributed by atoms with Gasteiger partial charge in [0, 0.05) is 33.2 Å². The molecule has 1 unspecified atom stereocenters. The summed E-state index contributed by atoms with van der Waals surface area (Å²) in [6.45, 7) is 5.58. The van der Waals surface area contributed by atoms with E-state index >= 15 is 0 Å². The Bertz CT molecular complexity index is 278. The molecule has 1 rings (SSSR count). The van der Waals surface area contributed by atoms with Crippen LogP contribution in [0.3, 0.4) is 0 Å². The highest BCUT2D eigenvalue weighted by Crippen LogP contribution is 2.12. The third-order valence-electron chi connectivity index (χ3n) is 2.55. The van der Waals surface area contributed by atoms with Gasteiger partial charge in [-0.25, -0.2) is 0 Å². The molecule has 1 N–H and O–H groups in total. The van der Waals surface area contributed by atoms with Crippen molar-refractivity contribution in [2.24, 2.45) is 5.92 Å². The number of rotatable bonds is 6. The molecule has 0 aromatic heterocycles. The maximum absolute atomic E-state index is 12.0. The number of carbonyl (C=O) groups excluding carboxylic acids is 2. The molecule has 1 atom stereocenters. The molecule has 0 aromatic rings. The first kappa shape index (κ1) is 12.7. The first-order valence-corrected chi connectivity index (χ1v) is 5.34. The lowest BCUT2D eigenvalue weighted by Crippen LogP contribution is -2.39. The van der Waals surface area contributed by atoms with E-state index < -0.39 is 0 Å². The van der Waals surface area contributed by atoms with Gasteiger partial charge in [0.15, 0.2) is 0 Å². The normalized spacial score (nSPS) is 19.3. The zero-order chi connectivity index (χ0) is 12.0. The predicted molar refractivity (Wildman–Crippen MR) is 59.8 cm³/mol. The lowest BCUT2D eigenvalue weighted by Gasteiger charge is -2.23. The summed E-state index contributed by atoms with van der Waals surface area (Å²) >= 11 is 0. The van der Waals surface area contributed by atoms with Crippen LogP contribution >= 0.6 is 0 Å². The van der Waals surface area contributed by atoms with Crippen molar-refractivity contribution in [3.8, 4) is 0 Å². The molecular weight excluding hydrogens is 208 g/mol. The van der Waals surface area contributed by atoms with Gasteiger partial charge in [0.2, 0.25) is 11.8 Å². The van der Waals surface area contributed by atoms with Crippen LogP contribution in [0.25, 0.3) is 0 Å². The van der Waals surface area contributed by atoms with Crippen LogP contribution in [-0.4, -0.2) is 50.1 Å². The molecule has 0 radical (unpaired) electrons. The van der Waals surface area contributed by atoms with Gasteiger partial charge in [0.25, 0.3) is 0 Å². The van der Waals surface area contributed by atoms with Crippen molar-refractivity contribution in [3.05, 3.63) is 12.7 Å². The van der Waals surface area contributed by atoms with Crippen LogP contribution < -0.4 is 5.32 Å². The van der Waals surface area contributed by atoms with E-state index in [1.54, 1.807) is 18.1 Å². The van der Waals surface area contributed by atoms with E-state index in [0.29, 0.717) is 32.7 Å². The first-order valence-electron chi connectivity index (χ1n) is 5.34. The highest BCUT2D eigenvalue weighted by atomic mass is 16.5. The SMILES string of the molecule is C=CCN(CCOC)C(=O)C1CNC(=O)C1. The molecule has 0 saturated carbocycles. The summed E-state index contributed by atoms with van der Waals surface area (Å²) in [5, 5.41) is 2.66. The molecule has 90 valence electrons. The zero-order valence-electron chi connectivity index (χ0n) is 9.57. The monoisotopic (exact) mass is 226 g/mol. The molecular formula is C11H18N2O3. The molecule has 1 saturated heterocycles. The Morgan fingerprint density at radius 1 is 1.75 bits per heavy atom. The second kappa shape index (κ2) is 6.27. The van der Waals surface area contributed by atoms with Gasteiger partial charge in [-0.05, 0) is 0 Å². The molecule has 1 aliphatic heterocycles. The topological polar surface area (TPSA) is 58.6 Å². The minimum absolute atomic E-state index is 0.00435. The van der Waals surface area contributed by atoms with Gasteiger partial charge in [0.05, 0.1) is 12.5 Å². The summed E-state index contributed by atoms with van der Waals surface area (Å²) in [6, 6.07) is 0. The summed E-state index contributed by atoms with van der Waals surface area (Å²) < 4.78 is 4.94. The first-order chi connectivity index (χ1) is 7.69. The van der Waals surface area contributed by atoms with Crippen molar-refractivity contribution >= 4 is 11.8 Å². The molecule has 2 amide bonds. The fourth-order valence-corrected chi connectivity index (χ4v) is 1.69. The molecule has 1 fully saturated rings. The number of hydrogen-bond donors (Lipinski definition) is 1. The third kappa shape index (κ3) is 3.34. The van der Waals surface area contributed by atoms with Crippen LogP contribution in [0.4, 0.5) is 0 Å². The summed E-state index contributed by atoms with van der Waals surface area (Å²) in [5.74, 6) is -0.289. The largest absolute Gasteiger partial charge is 0.383 e. The van der Waals surface area contributed by atoms with Crippen LogP contribution in [0.15, 0.2) is 12.7 Å². The fourth-order valence-electron chi connectivity index (χ4n) is 1.69. The standard InChI is InChI=1S/C11H18N2O3/c1-3-4-13(5-6-16-2)11(15)9-7-10(14)12-8-9/h3,9H,1,4-8H2,2H3,(H,12,14). The minimum atomic E-state index is -0.232. The van der Waals surface area contributed by atoms with E-state index in [-0.39, 0.29) is 17.7 Å².